The van der Waals surface area contributed by atoms with E-state index in [1.807, 2.05) is 26.8 Å². The highest BCUT2D eigenvalue weighted by molar-refractivity contribution is 5.68. The molecule has 1 amide bonds. The molecule has 1 aliphatic heterocycles. The fourth-order valence-electron chi connectivity index (χ4n) is 3.06. The molecule has 3 rings (SSSR count). The molecule has 0 bridgehead atoms. The predicted molar refractivity (Wildman–Crippen MR) is 90.1 cm³/mol. The Hall–Kier alpha value is -1.97. The Morgan fingerprint density at radius 1 is 1.26 bits per heavy atom. The van der Waals surface area contributed by atoms with Crippen molar-refractivity contribution in [3.8, 4) is 0 Å². The van der Waals surface area contributed by atoms with Crippen LogP contribution >= 0.6 is 0 Å². The van der Waals surface area contributed by atoms with Gasteiger partial charge in [-0.05, 0) is 32.4 Å². The van der Waals surface area contributed by atoms with Gasteiger partial charge in [0.1, 0.15) is 17.5 Å². The molecule has 1 fully saturated rings. The molecule has 0 aromatic heterocycles. The number of carbonyl (C=O) groups excluding carboxylic acids is 1. The molecule has 0 spiro atoms. The maximum Gasteiger partial charge on any atom is 0.410 e. The van der Waals surface area contributed by atoms with E-state index in [4.69, 9.17) is 9.47 Å². The average Bonchev–Trinajstić information content (AvgIpc) is 2.95. The number of amides is 1. The minimum absolute atomic E-state index is 0.0590. The van der Waals surface area contributed by atoms with Crippen molar-refractivity contribution in [1.82, 2.24) is 4.90 Å². The van der Waals surface area contributed by atoms with E-state index in [1.54, 1.807) is 4.90 Å². The first-order chi connectivity index (χ1) is 10.9. The molecule has 124 valence electrons. The average molecular weight is 315 g/mol. The van der Waals surface area contributed by atoms with Gasteiger partial charge < -0.3 is 14.4 Å². The molecule has 1 aliphatic carbocycles. The Kier molecular flexibility index (Phi) is 4.33. The zero-order chi connectivity index (χ0) is 16.4. The normalized spacial score (nSPS) is 20.7. The molecular weight excluding hydrogens is 290 g/mol. The molecule has 1 saturated heterocycles. The van der Waals surface area contributed by atoms with Crippen molar-refractivity contribution in [3.63, 3.8) is 0 Å². The molecule has 23 heavy (non-hydrogen) atoms. The molecule has 1 aromatic carbocycles. The van der Waals surface area contributed by atoms with Gasteiger partial charge in [0.2, 0.25) is 0 Å². The smallest absolute Gasteiger partial charge is 0.410 e. The summed E-state index contributed by atoms with van der Waals surface area (Å²) in [5.74, 6) is 1.05. The van der Waals surface area contributed by atoms with Crippen LogP contribution in [0.2, 0.25) is 0 Å². The van der Waals surface area contributed by atoms with E-state index in [9.17, 15) is 4.79 Å². The molecular formula is C19H25NO3. The van der Waals surface area contributed by atoms with E-state index in [2.05, 4.69) is 24.3 Å². The van der Waals surface area contributed by atoms with E-state index in [1.165, 1.54) is 10.4 Å². The number of likely N-dealkylation sites (tertiary alicyclic amines) is 1. The number of hydrogen-bond donors (Lipinski definition) is 0. The van der Waals surface area contributed by atoms with Gasteiger partial charge in [-0.2, -0.15) is 0 Å². The number of fused-ring (bicyclic) bond motifs is 1. The van der Waals surface area contributed by atoms with Crippen molar-refractivity contribution in [2.45, 2.75) is 51.7 Å². The predicted octanol–water partition coefficient (Wildman–Crippen LogP) is 2.40. The lowest BCUT2D eigenvalue weighted by Crippen LogP contribution is -2.36. The quantitative estimate of drug-likeness (QED) is 0.841. The third-order valence-corrected chi connectivity index (χ3v) is 4.10. The molecule has 0 N–H and O–H groups in total. The topological polar surface area (TPSA) is 38.8 Å². The van der Waals surface area contributed by atoms with E-state index in [0.717, 1.165) is 25.0 Å². The summed E-state index contributed by atoms with van der Waals surface area (Å²) in [4.78, 5) is 13.9. The van der Waals surface area contributed by atoms with E-state index in [0.29, 0.717) is 13.1 Å². The lowest BCUT2D eigenvalue weighted by atomic mass is 10.1. The Balaban J connectivity index is 1.67. The van der Waals surface area contributed by atoms with Crippen molar-refractivity contribution in [3.05, 3.63) is 34.7 Å². The standard InChI is InChI=1S/C19H25NO3/c1-19(2,3)23-18(21)20-12-11-15(13-20)22-17-10-6-8-14-7-4-5-9-16(14)17/h4-5,7-9,15H,6,10-13H2,1-3H3/t15-/m1/s1. The minimum atomic E-state index is -0.455. The van der Waals surface area contributed by atoms with E-state index >= 15 is 0 Å². The van der Waals surface area contributed by atoms with Crippen LogP contribution in [0.5, 0.6) is 0 Å². The second-order valence-corrected chi connectivity index (χ2v) is 7.21. The van der Waals surface area contributed by atoms with Crippen LogP contribution in [0.4, 0.5) is 4.79 Å². The number of nitrogens with zero attached hydrogens (tertiary/aromatic N) is 1. The largest absolute Gasteiger partial charge is 0.492 e. The van der Waals surface area contributed by atoms with Gasteiger partial charge in [-0.3, -0.25) is 0 Å². The number of rotatable bonds is 2. The minimum Gasteiger partial charge on any atom is -0.492 e. The summed E-state index contributed by atoms with van der Waals surface area (Å²) in [6.07, 6.45) is 4.86. The summed E-state index contributed by atoms with van der Waals surface area (Å²) in [6, 6.07) is 8.33. The van der Waals surface area contributed by atoms with Crippen LogP contribution in [0, 0.1) is 0 Å². The maximum atomic E-state index is 12.1. The van der Waals surface area contributed by atoms with Gasteiger partial charge in [0, 0.05) is 24.6 Å². The first-order valence-corrected chi connectivity index (χ1v) is 8.35. The third-order valence-electron chi connectivity index (χ3n) is 4.10. The molecule has 1 heterocycles. The molecule has 0 radical (unpaired) electrons. The van der Waals surface area contributed by atoms with Crippen molar-refractivity contribution < 1.29 is 14.3 Å². The van der Waals surface area contributed by atoms with Crippen LogP contribution in [0.25, 0.3) is 11.8 Å². The lowest BCUT2D eigenvalue weighted by molar-refractivity contribution is 0.0268. The third kappa shape index (κ3) is 3.87. The Morgan fingerprint density at radius 3 is 2.83 bits per heavy atom. The first-order valence-electron chi connectivity index (χ1n) is 8.35. The monoisotopic (exact) mass is 315 g/mol. The molecule has 1 aromatic rings. The van der Waals surface area contributed by atoms with Gasteiger partial charge >= 0.3 is 6.09 Å². The van der Waals surface area contributed by atoms with Crippen LogP contribution in [0.1, 0.15) is 40.0 Å². The van der Waals surface area contributed by atoms with Crippen molar-refractivity contribution in [1.29, 1.82) is 0 Å². The highest BCUT2D eigenvalue weighted by Crippen LogP contribution is 2.21. The van der Waals surface area contributed by atoms with Gasteiger partial charge in [-0.15, -0.1) is 0 Å². The summed E-state index contributed by atoms with van der Waals surface area (Å²) in [5, 5.41) is 2.44. The van der Waals surface area contributed by atoms with Crippen molar-refractivity contribution >= 4 is 17.9 Å². The Morgan fingerprint density at radius 2 is 2.04 bits per heavy atom. The van der Waals surface area contributed by atoms with Crippen LogP contribution in [-0.2, 0) is 9.47 Å². The number of ether oxygens (including phenoxy) is 2. The van der Waals surface area contributed by atoms with Gasteiger partial charge in [-0.25, -0.2) is 4.79 Å². The number of benzene rings is 1. The summed E-state index contributed by atoms with van der Waals surface area (Å²) < 4.78 is 11.7. The molecule has 4 nitrogen and oxygen atoms in total. The SMILES string of the molecule is CC(C)(C)OC(=O)N1CC[C@@H](OC2=c3ccccc3=CCC2)C1. The molecule has 0 saturated carbocycles. The number of carbonyl (C=O) groups is 1. The number of hydrogen-bond acceptors (Lipinski definition) is 3. The van der Waals surface area contributed by atoms with Gasteiger partial charge in [0.25, 0.3) is 0 Å². The maximum absolute atomic E-state index is 12.1. The summed E-state index contributed by atoms with van der Waals surface area (Å²) >= 11 is 0. The Bertz CT molecular complexity index is 702. The van der Waals surface area contributed by atoms with Gasteiger partial charge in [0.15, 0.2) is 0 Å². The lowest BCUT2D eigenvalue weighted by Gasteiger charge is -2.24. The molecule has 0 unspecified atom stereocenters. The fraction of sp³-hybridized carbons (Fsp3) is 0.526. The summed E-state index contributed by atoms with van der Waals surface area (Å²) in [7, 11) is 0. The highest BCUT2D eigenvalue weighted by atomic mass is 16.6. The van der Waals surface area contributed by atoms with Crippen molar-refractivity contribution in [2.24, 2.45) is 0 Å². The first kappa shape index (κ1) is 15.9. The highest BCUT2D eigenvalue weighted by Gasteiger charge is 2.31. The zero-order valence-corrected chi connectivity index (χ0v) is 14.2. The van der Waals surface area contributed by atoms with Crippen LogP contribution in [0.15, 0.2) is 24.3 Å². The van der Waals surface area contributed by atoms with Crippen LogP contribution < -0.4 is 10.4 Å². The van der Waals surface area contributed by atoms with E-state index < -0.39 is 5.60 Å². The second kappa shape index (κ2) is 6.26. The zero-order valence-electron chi connectivity index (χ0n) is 14.2. The van der Waals surface area contributed by atoms with Crippen LogP contribution in [0.3, 0.4) is 0 Å². The van der Waals surface area contributed by atoms with Gasteiger partial charge in [-0.1, -0.05) is 30.3 Å². The Labute approximate surface area is 137 Å². The van der Waals surface area contributed by atoms with E-state index in [-0.39, 0.29) is 12.2 Å². The molecule has 2 aliphatic rings. The molecule has 4 heteroatoms. The van der Waals surface area contributed by atoms with Crippen molar-refractivity contribution in [2.75, 3.05) is 13.1 Å². The van der Waals surface area contributed by atoms with Crippen LogP contribution in [-0.4, -0.2) is 35.8 Å². The second-order valence-electron chi connectivity index (χ2n) is 7.21. The summed E-state index contributed by atoms with van der Waals surface area (Å²) in [6.45, 7) is 6.96. The fourth-order valence-corrected chi connectivity index (χ4v) is 3.06. The summed E-state index contributed by atoms with van der Waals surface area (Å²) in [5.41, 5.74) is -0.455. The van der Waals surface area contributed by atoms with Gasteiger partial charge in [0.05, 0.1) is 6.54 Å². The molecule has 1 atom stereocenters.